The molecule has 0 aliphatic carbocycles. The van der Waals surface area contributed by atoms with Crippen LogP contribution in [0.2, 0.25) is 0 Å². The van der Waals surface area contributed by atoms with E-state index < -0.39 is 5.97 Å². The molecule has 2 amide bonds. The number of carboxylic acids is 1. The largest absolute Gasteiger partial charge is 0.481 e. The Morgan fingerprint density at radius 2 is 1.80 bits per heavy atom. The number of carbonyl (C=O) groups is 2. The van der Waals surface area contributed by atoms with Crippen molar-refractivity contribution in [3.8, 4) is 0 Å². The van der Waals surface area contributed by atoms with Gasteiger partial charge in [-0.1, -0.05) is 20.8 Å². The summed E-state index contributed by atoms with van der Waals surface area (Å²) in [5.41, 5.74) is 0. The van der Waals surface area contributed by atoms with E-state index in [0.29, 0.717) is 38.6 Å². The van der Waals surface area contributed by atoms with Gasteiger partial charge in [0.1, 0.15) is 0 Å². The van der Waals surface area contributed by atoms with E-state index in [1.165, 1.54) is 0 Å². The van der Waals surface area contributed by atoms with Crippen LogP contribution in [-0.2, 0) is 9.53 Å². The van der Waals surface area contributed by atoms with Crippen molar-refractivity contribution < 1.29 is 19.4 Å². The third-order valence-electron chi connectivity index (χ3n) is 2.83. The van der Waals surface area contributed by atoms with Gasteiger partial charge in [-0.05, 0) is 24.7 Å². The summed E-state index contributed by atoms with van der Waals surface area (Å²) in [7, 11) is 0. The van der Waals surface area contributed by atoms with Crippen molar-refractivity contribution in [3.63, 3.8) is 0 Å². The standard InChI is InChI=1S/C14H28N2O4/c1-11(2)6-8-20-9-7-15-14(19)16-10-12(3)4-5-13(17)18/h11-12H,4-10H2,1-3H3,(H,17,18)(H2,15,16,19). The van der Waals surface area contributed by atoms with Gasteiger partial charge in [-0.25, -0.2) is 4.79 Å². The smallest absolute Gasteiger partial charge is 0.314 e. The average Bonchev–Trinajstić information content (AvgIpc) is 2.37. The van der Waals surface area contributed by atoms with E-state index in [2.05, 4.69) is 24.5 Å². The van der Waals surface area contributed by atoms with Gasteiger partial charge in [0.25, 0.3) is 0 Å². The molecule has 0 spiro atoms. The molecule has 0 aliphatic heterocycles. The summed E-state index contributed by atoms with van der Waals surface area (Å²) in [5.74, 6) is -0.0301. The third-order valence-corrected chi connectivity index (χ3v) is 2.83. The molecule has 118 valence electrons. The molecule has 0 aliphatic rings. The maximum atomic E-state index is 11.4. The lowest BCUT2D eigenvalue weighted by Crippen LogP contribution is -2.39. The summed E-state index contributed by atoms with van der Waals surface area (Å²) in [6.45, 7) is 8.38. The number of carbonyl (C=O) groups excluding carboxylic acids is 1. The molecule has 3 N–H and O–H groups in total. The summed E-state index contributed by atoms with van der Waals surface area (Å²) in [6, 6.07) is -0.236. The van der Waals surface area contributed by atoms with E-state index in [9.17, 15) is 9.59 Å². The molecule has 0 bridgehead atoms. The van der Waals surface area contributed by atoms with Crippen molar-refractivity contribution in [2.45, 2.75) is 40.0 Å². The zero-order valence-corrected chi connectivity index (χ0v) is 12.8. The van der Waals surface area contributed by atoms with Crippen molar-refractivity contribution in [3.05, 3.63) is 0 Å². The van der Waals surface area contributed by atoms with E-state index in [-0.39, 0.29) is 18.4 Å². The molecule has 0 saturated carbocycles. The van der Waals surface area contributed by atoms with Crippen LogP contribution in [-0.4, -0.2) is 43.4 Å². The minimum absolute atomic E-state index is 0.133. The lowest BCUT2D eigenvalue weighted by molar-refractivity contribution is -0.137. The predicted octanol–water partition coefficient (Wildman–Crippen LogP) is 1.85. The van der Waals surface area contributed by atoms with E-state index in [1.54, 1.807) is 0 Å². The Labute approximate surface area is 121 Å². The highest BCUT2D eigenvalue weighted by atomic mass is 16.5. The number of amides is 2. The molecule has 20 heavy (non-hydrogen) atoms. The Kier molecular flexibility index (Phi) is 10.8. The number of hydrogen-bond donors (Lipinski definition) is 3. The lowest BCUT2D eigenvalue weighted by atomic mass is 10.1. The molecule has 0 radical (unpaired) electrons. The molecule has 6 heteroatoms. The fourth-order valence-corrected chi connectivity index (χ4v) is 1.46. The second-order valence-corrected chi connectivity index (χ2v) is 5.47. The zero-order valence-electron chi connectivity index (χ0n) is 12.8. The van der Waals surface area contributed by atoms with Crippen LogP contribution < -0.4 is 10.6 Å². The van der Waals surface area contributed by atoms with Crippen LogP contribution >= 0.6 is 0 Å². The summed E-state index contributed by atoms with van der Waals surface area (Å²) in [5, 5.41) is 14.0. The lowest BCUT2D eigenvalue weighted by Gasteiger charge is -2.12. The maximum absolute atomic E-state index is 11.4. The summed E-state index contributed by atoms with van der Waals surface area (Å²) >= 11 is 0. The van der Waals surface area contributed by atoms with Gasteiger partial charge < -0.3 is 20.5 Å². The van der Waals surface area contributed by atoms with E-state index in [1.807, 2.05) is 6.92 Å². The molecule has 0 fully saturated rings. The van der Waals surface area contributed by atoms with E-state index in [4.69, 9.17) is 9.84 Å². The van der Waals surface area contributed by atoms with Crippen LogP contribution in [0.25, 0.3) is 0 Å². The minimum Gasteiger partial charge on any atom is -0.481 e. The summed E-state index contributed by atoms with van der Waals surface area (Å²) < 4.78 is 5.38. The highest BCUT2D eigenvalue weighted by Crippen LogP contribution is 2.03. The SMILES string of the molecule is CC(C)CCOCCNC(=O)NCC(C)CCC(=O)O. The first-order chi connectivity index (χ1) is 9.41. The highest BCUT2D eigenvalue weighted by molar-refractivity contribution is 5.73. The van der Waals surface area contributed by atoms with Crippen LogP contribution in [0.1, 0.15) is 40.0 Å². The second kappa shape index (κ2) is 11.5. The Hall–Kier alpha value is -1.30. The fraction of sp³-hybridized carbons (Fsp3) is 0.857. The zero-order chi connectivity index (χ0) is 15.4. The Bertz CT molecular complexity index is 282. The van der Waals surface area contributed by atoms with Crippen molar-refractivity contribution in [2.24, 2.45) is 11.8 Å². The minimum atomic E-state index is -0.806. The molecule has 1 atom stereocenters. The molecular weight excluding hydrogens is 260 g/mol. The molecular formula is C14H28N2O4. The first-order valence-corrected chi connectivity index (χ1v) is 7.23. The summed E-state index contributed by atoms with van der Waals surface area (Å²) in [6.07, 6.45) is 1.72. The fourth-order valence-electron chi connectivity index (χ4n) is 1.46. The molecule has 0 aromatic rings. The summed E-state index contributed by atoms with van der Waals surface area (Å²) in [4.78, 5) is 21.8. The van der Waals surface area contributed by atoms with E-state index in [0.717, 1.165) is 6.42 Å². The topological polar surface area (TPSA) is 87.7 Å². The third kappa shape index (κ3) is 13.1. The Morgan fingerprint density at radius 1 is 1.10 bits per heavy atom. The van der Waals surface area contributed by atoms with Crippen LogP contribution in [0.5, 0.6) is 0 Å². The van der Waals surface area contributed by atoms with Crippen LogP contribution in [0.3, 0.4) is 0 Å². The van der Waals surface area contributed by atoms with Crippen molar-refractivity contribution >= 4 is 12.0 Å². The number of rotatable bonds is 11. The first-order valence-electron chi connectivity index (χ1n) is 7.23. The molecule has 0 rings (SSSR count). The van der Waals surface area contributed by atoms with Gasteiger partial charge in [0.15, 0.2) is 0 Å². The van der Waals surface area contributed by atoms with Gasteiger partial charge in [0.05, 0.1) is 6.61 Å². The van der Waals surface area contributed by atoms with Gasteiger partial charge >= 0.3 is 12.0 Å². The highest BCUT2D eigenvalue weighted by Gasteiger charge is 2.07. The van der Waals surface area contributed by atoms with Gasteiger partial charge in [-0.2, -0.15) is 0 Å². The predicted molar refractivity (Wildman–Crippen MR) is 77.7 cm³/mol. The van der Waals surface area contributed by atoms with Crippen molar-refractivity contribution in [2.75, 3.05) is 26.3 Å². The van der Waals surface area contributed by atoms with Crippen molar-refractivity contribution in [1.29, 1.82) is 0 Å². The quantitative estimate of drug-likeness (QED) is 0.506. The molecule has 0 aromatic carbocycles. The monoisotopic (exact) mass is 288 g/mol. The normalized spacial score (nSPS) is 12.2. The molecule has 0 heterocycles. The van der Waals surface area contributed by atoms with Gasteiger partial charge in [-0.15, -0.1) is 0 Å². The number of carboxylic acid groups (broad SMARTS) is 1. The van der Waals surface area contributed by atoms with Crippen molar-refractivity contribution in [1.82, 2.24) is 10.6 Å². The Balaban J connectivity index is 3.42. The second-order valence-electron chi connectivity index (χ2n) is 5.47. The Morgan fingerprint density at radius 3 is 2.40 bits per heavy atom. The molecule has 6 nitrogen and oxygen atoms in total. The molecule has 0 aromatic heterocycles. The number of hydrogen-bond acceptors (Lipinski definition) is 3. The van der Waals surface area contributed by atoms with Gasteiger partial charge in [-0.3, -0.25) is 4.79 Å². The molecule has 1 unspecified atom stereocenters. The van der Waals surface area contributed by atoms with Crippen LogP contribution in [0.4, 0.5) is 4.79 Å². The van der Waals surface area contributed by atoms with Crippen LogP contribution in [0, 0.1) is 11.8 Å². The molecule has 0 saturated heterocycles. The van der Waals surface area contributed by atoms with Gasteiger partial charge in [0, 0.05) is 26.1 Å². The van der Waals surface area contributed by atoms with Crippen LogP contribution in [0.15, 0.2) is 0 Å². The van der Waals surface area contributed by atoms with E-state index >= 15 is 0 Å². The van der Waals surface area contributed by atoms with Gasteiger partial charge in [0.2, 0.25) is 0 Å². The average molecular weight is 288 g/mol. The number of ether oxygens (including phenoxy) is 1. The number of nitrogens with one attached hydrogen (secondary N) is 2. The number of urea groups is 1. The maximum Gasteiger partial charge on any atom is 0.314 e. The first kappa shape index (κ1) is 18.7. The number of aliphatic carboxylic acids is 1.